The van der Waals surface area contributed by atoms with Gasteiger partial charge in [-0.15, -0.1) is 0 Å². The number of aliphatic hydroxyl groups excluding tert-OH is 2. The molecule has 2 aliphatic carbocycles. The quantitative estimate of drug-likeness (QED) is 0.534. The van der Waals surface area contributed by atoms with Crippen LogP contribution in [0.15, 0.2) is 16.4 Å². The summed E-state index contributed by atoms with van der Waals surface area (Å²) in [6, 6.07) is -0.750. The van der Waals surface area contributed by atoms with E-state index in [1.54, 1.807) is 0 Å². The topological polar surface area (TPSA) is 108 Å². The molecule has 0 aliphatic heterocycles. The monoisotopic (exact) mass is 239 g/mol. The highest BCUT2D eigenvalue weighted by molar-refractivity contribution is 6.01. The average Bonchev–Trinajstić information content (AvgIpc) is 2.82. The molecule has 2 rings (SSSR count). The van der Waals surface area contributed by atoms with E-state index in [1.165, 1.54) is 0 Å². The molecule has 6 heteroatoms. The van der Waals surface area contributed by atoms with E-state index in [-0.39, 0.29) is 17.8 Å². The summed E-state index contributed by atoms with van der Waals surface area (Å²) in [4.78, 5) is 10.5. The molecule has 0 aromatic heterocycles. The molecule has 1 saturated carbocycles. The first kappa shape index (κ1) is 11.9. The number of rotatable bonds is 2. The molecule has 0 heterocycles. The fraction of sp³-hybridized carbons (Fsp3) is 0.636. The van der Waals surface area contributed by atoms with E-state index >= 15 is 0 Å². The number of allylic oxidation sites excluding steroid dienone is 1. The molecule has 0 aromatic carbocycles. The minimum Gasteiger partial charge on any atom is -0.506 e. The van der Waals surface area contributed by atoms with Gasteiger partial charge in [-0.3, -0.25) is 0 Å². The number of hydrogen-bond acceptors (Lipinski definition) is 4. The molecule has 1 fully saturated rings. The molecule has 5 N–H and O–H groups in total. The van der Waals surface area contributed by atoms with Crippen molar-refractivity contribution >= 4 is 11.7 Å². The summed E-state index contributed by atoms with van der Waals surface area (Å²) < 4.78 is 0. The van der Waals surface area contributed by atoms with Gasteiger partial charge in [0.15, 0.2) is 0 Å². The molecule has 0 radical (unpaired) electrons. The van der Waals surface area contributed by atoms with Crippen molar-refractivity contribution in [1.82, 2.24) is 5.43 Å². The number of hydrogen-bond donors (Lipinski definition) is 4. The van der Waals surface area contributed by atoms with E-state index in [0.717, 1.165) is 24.8 Å². The third-order valence-electron chi connectivity index (χ3n) is 3.44. The highest BCUT2D eigenvalue weighted by Gasteiger charge is 2.34. The number of nitrogens with zero attached hydrogens (tertiary/aromatic N) is 1. The van der Waals surface area contributed by atoms with Gasteiger partial charge >= 0.3 is 6.03 Å². The predicted octanol–water partition coefficient (Wildman–Crippen LogP) is 0.778. The van der Waals surface area contributed by atoms with Crippen LogP contribution < -0.4 is 11.2 Å². The van der Waals surface area contributed by atoms with Crippen molar-refractivity contribution in [1.29, 1.82) is 0 Å². The summed E-state index contributed by atoms with van der Waals surface area (Å²) >= 11 is 0. The molecule has 17 heavy (non-hydrogen) atoms. The normalized spacial score (nSPS) is 31.2. The van der Waals surface area contributed by atoms with Crippen molar-refractivity contribution in [3.63, 3.8) is 0 Å². The van der Waals surface area contributed by atoms with Gasteiger partial charge in [0.05, 0.1) is 6.10 Å². The lowest BCUT2D eigenvalue weighted by Crippen LogP contribution is -2.25. The second-order valence-corrected chi connectivity index (χ2v) is 4.51. The Kier molecular flexibility index (Phi) is 3.33. The van der Waals surface area contributed by atoms with Crippen LogP contribution in [-0.2, 0) is 0 Å². The first-order valence-electron chi connectivity index (χ1n) is 5.82. The van der Waals surface area contributed by atoms with Crippen molar-refractivity contribution in [2.45, 2.75) is 38.2 Å². The fourth-order valence-electron chi connectivity index (χ4n) is 2.61. The summed E-state index contributed by atoms with van der Waals surface area (Å²) in [7, 11) is 0. The summed E-state index contributed by atoms with van der Waals surface area (Å²) in [6.07, 6.45) is 3.56. The van der Waals surface area contributed by atoms with E-state index in [9.17, 15) is 15.0 Å². The molecule has 0 unspecified atom stereocenters. The van der Waals surface area contributed by atoms with Crippen LogP contribution in [-0.4, -0.2) is 28.1 Å². The summed E-state index contributed by atoms with van der Waals surface area (Å²) in [5.74, 6) is 0.154. The van der Waals surface area contributed by atoms with Crippen molar-refractivity contribution in [3.8, 4) is 0 Å². The smallest absolute Gasteiger partial charge is 0.332 e. The fourth-order valence-corrected chi connectivity index (χ4v) is 2.61. The maximum Gasteiger partial charge on any atom is 0.332 e. The Morgan fingerprint density at radius 1 is 1.41 bits per heavy atom. The van der Waals surface area contributed by atoms with Gasteiger partial charge in [-0.2, -0.15) is 5.10 Å². The maximum absolute atomic E-state index is 10.5. The number of amides is 2. The van der Waals surface area contributed by atoms with Crippen LogP contribution in [0.1, 0.15) is 32.1 Å². The maximum atomic E-state index is 10.5. The van der Waals surface area contributed by atoms with Gasteiger partial charge < -0.3 is 15.9 Å². The molecule has 0 saturated heterocycles. The van der Waals surface area contributed by atoms with Crippen LogP contribution in [0.2, 0.25) is 0 Å². The summed E-state index contributed by atoms with van der Waals surface area (Å²) in [5, 5.41) is 23.5. The van der Waals surface area contributed by atoms with Crippen LogP contribution >= 0.6 is 0 Å². The number of nitrogens with one attached hydrogen (secondary N) is 1. The molecular weight excluding hydrogens is 222 g/mol. The Balaban J connectivity index is 2.13. The molecule has 2 amide bonds. The molecule has 6 nitrogen and oxygen atoms in total. The Bertz CT molecular complexity index is 389. The number of carbonyl (C=O) groups is 1. The molecule has 94 valence electrons. The first-order valence-corrected chi connectivity index (χ1v) is 5.82. The van der Waals surface area contributed by atoms with Crippen LogP contribution in [0.25, 0.3) is 0 Å². The van der Waals surface area contributed by atoms with Crippen molar-refractivity contribution in [2.24, 2.45) is 16.8 Å². The van der Waals surface area contributed by atoms with Gasteiger partial charge in [0.25, 0.3) is 0 Å². The Morgan fingerprint density at radius 2 is 2.18 bits per heavy atom. The highest BCUT2D eigenvalue weighted by Crippen LogP contribution is 2.38. The third kappa shape index (κ3) is 2.41. The molecule has 0 spiro atoms. The van der Waals surface area contributed by atoms with Gasteiger partial charge in [-0.05, 0) is 31.3 Å². The molecule has 0 aromatic rings. The largest absolute Gasteiger partial charge is 0.506 e. The number of hydrazone groups is 1. The Labute approximate surface area is 99.2 Å². The standard InChI is InChI=1S/C11H17N3O3/c12-11(17)14-13-8-5-4-7(10(8)16)6-2-1-3-9(6)15/h6,9,15-16H,1-5H2,(H3,12,14,17)/b13-8-/t6-,9+/m1/s1. The average molecular weight is 239 g/mol. The van der Waals surface area contributed by atoms with Crippen LogP contribution in [0.5, 0.6) is 0 Å². The minimum absolute atomic E-state index is 0.0382. The van der Waals surface area contributed by atoms with Crippen molar-refractivity contribution in [2.75, 3.05) is 0 Å². The molecular formula is C11H17N3O3. The van der Waals surface area contributed by atoms with Crippen LogP contribution in [0.4, 0.5) is 4.79 Å². The lowest BCUT2D eigenvalue weighted by molar-refractivity contribution is 0.145. The second-order valence-electron chi connectivity index (χ2n) is 4.51. The number of carbonyl (C=O) groups excluding carboxylic acids is 1. The number of primary amides is 1. The van der Waals surface area contributed by atoms with E-state index in [0.29, 0.717) is 18.6 Å². The van der Waals surface area contributed by atoms with Gasteiger partial charge in [-0.25, -0.2) is 10.2 Å². The zero-order chi connectivity index (χ0) is 12.4. The first-order chi connectivity index (χ1) is 8.09. The highest BCUT2D eigenvalue weighted by atomic mass is 16.3. The minimum atomic E-state index is -0.750. The summed E-state index contributed by atoms with van der Waals surface area (Å²) in [5.41, 5.74) is 8.31. The van der Waals surface area contributed by atoms with Gasteiger partial charge in [-0.1, -0.05) is 6.42 Å². The second kappa shape index (κ2) is 4.75. The molecule has 2 aliphatic rings. The third-order valence-corrected chi connectivity index (χ3v) is 3.44. The Hall–Kier alpha value is -1.56. The van der Waals surface area contributed by atoms with E-state index < -0.39 is 6.03 Å². The lowest BCUT2D eigenvalue weighted by atomic mass is 9.94. The zero-order valence-corrected chi connectivity index (χ0v) is 9.52. The van der Waals surface area contributed by atoms with Gasteiger partial charge in [0, 0.05) is 5.92 Å². The zero-order valence-electron chi connectivity index (χ0n) is 9.52. The lowest BCUT2D eigenvalue weighted by Gasteiger charge is -2.15. The Morgan fingerprint density at radius 3 is 2.76 bits per heavy atom. The molecule has 0 bridgehead atoms. The van der Waals surface area contributed by atoms with Crippen molar-refractivity contribution in [3.05, 3.63) is 11.3 Å². The van der Waals surface area contributed by atoms with E-state index in [2.05, 4.69) is 10.5 Å². The molecule has 2 atom stereocenters. The van der Waals surface area contributed by atoms with E-state index in [1.807, 2.05) is 0 Å². The van der Waals surface area contributed by atoms with Crippen LogP contribution in [0, 0.1) is 5.92 Å². The van der Waals surface area contributed by atoms with Gasteiger partial charge in [0.1, 0.15) is 11.5 Å². The number of nitrogens with two attached hydrogens (primary N) is 1. The van der Waals surface area contributed by atoms with Crippen LogP contribution in [0.3, 0.4) is 0 Å². The number of aliphatic hydroxyl groups is 2. The SMILES string of the molecule is NC(=O)N/N=C1/CCC([C@H]2CCC[C@@H]2O)=C1O. The predicted molar refractivity (Wildman–Crippen MR) is 62.4 cm³/mol. The van der Waals surface area contributed by atoms with E-state index in [4.69, 9.17) is 5.73 Å². The van der Waals surface area contributed by atoms with Gasteiger partial charge in [0.2, 0.25) is 0 Å². The summed E-state index contributed by atoms with van der Waals surface area (Å²) in [6.45, 7) is 0. The number of urea groups is 1. The van der Waals surface area contributed by atoms with Crippen molar-refractivity contribution < 1.29 is 15.0 Å².